The number of aryl methyl sites for hydroxylation is 1. The molecule has 0 aliphatic rings. The summed E-state index contributed by atoms with van der Waals surface area (Å²) >= 11 is 0. The van der Waals surface area contributed by atoms with E-state index in [-0.39, 0.29) is 0 Å². The van der Waals surface area contributed by atoms with Gasteiger partial charge in [0.2, 0.25) is 0 Å². The average Bonchev–Trinajstić information content (AvgIpc) is 2.49. The van der Waals surface area contributed by atoms with Crippen molar-refractivity contribution in [1.82, 2.24) is 5.32 Å². The zero-order valence-corrected chi connectivity index (χ0v) is 13.9. The smallest absolute Gasteiger partial charge is 0.119 e. The minimum absolute atomic E-state index is 0.680. The van der Waals surface area contributed by atoms with Crippen LogP contribution in [0.2, 0.25) is 0 Å². The van der Waals surface area contributed by atoms with Crippen LogP contribution in [-0.4, -0.2) is 6.61 Å². The molecule has 118 valence electrons. The molecule has 1 N–H and O–H groups in total. The van der Waals surface area contributed by atoms with Gasteiger partial charge in [0.05, 0.1) is 6.61 Å². The van der Waals surface area contributed by atoms with E-state index in [1.54, 1.807) is 0 Å². The van der Waals surface area contributed by atoms with Gasteiger partial charge >= 0.3 is 0 Å². The molecule has 0 saturated carbocycles. The summed E-state index contributed by atoms with van der Waals surface area (Å²) in [4.78, 5) is 0. The first-order valence-electron chi connectivity index (χ1n) is 8.12. The summed E-state index contributed by atoms with van der Waals surface area (Å²) in [6.45, 7) is 9.13. The van der Waals surface area contributed by atoms with Crippen molar-refractivity contribution in [3.63, 3.8) is 0 Å². The molecule has 0 fully saturated rings. The number of ether oxygens (including phenoxy) is 1. The van der Waals surface area contributed by atoms with Crippen LogP contribution in [0, 0.1) is 12.8 Å². The quantitative estimate of drug-likeness (QED) is 0.762. The lowest BCUT2D eigenvalue weighted by atomic mass is 10.1. The molecule has 0 atom stereocenters. The predicted octanol–water partition coefficient (Wildman–Crippen LogP) is 4.71. The van der Waals surface area contributed by atoms with Crippen molar-refractivity contribution in [2.75, 3.05) is 6.61 Å². The van der Waals surface area contributed by atoms with Crippen molar-refractivity contribution in [3.05, 3.63) is 65.2 Å². The number of nitrogens with one attached hydrogen (secondary N) is 1. The normalized spacial score (nSPS) is 10.9. The van der Waals surface area contributed by atoms with Crippen molar-refractivity contribution in [2.45, 2.75) is 40.3 Å². The standard InChI is InChI=1S/C20H27NO/c1-16(2)11-12-22-20-10-6-8-18(13-20)14-21-15-19-9-5-4-7-17(19)3/h4-10,13,16,21H,11-12,14-15H2,1-3H3. The van der Waals surface area contributed by atoms with E-state index < -0.39 is 0 Å². The van der Waals surface area contributed by atoms with Gasteiger partial charge in [-0.2, -0.15) is 0 Å². The van der Waals surface area contributed by atoms with Crippen molar-refractivity contribution in [3.8, 4) is 5.75 Å². The molecule has 0 amide bonds. The van der Waals surface area contributed by atoms with Gasteiger partial charge in [-0.1, -0.05) is 50.2 Å². The van der Waals surface area contributed by atoms with Crippen molar-refractivity contribution < 1.29 is 4.74 Å². The summed E-state index contributed by atoms with van der Waals surface area (Å²) in [7, 11) is 0. The SMILES string of the molecule is Cc1ccccc1CNCc1cccc(OCCC(C)C)c1. The summed E-state index contributed by atoms with van der Waals surface area (Å²) in [5.74, 6) is 1.65. The van der Waals surface area contributed by atoms with Crippen LogP contribution in [0.1, 0.15) is 37.0 Å². The highest BCUT2D eigenvalue weighted by atomic mass is 16.5. The second-order valence-corrected chi connectivity index (χ2v) is 6.21. The average molecular weight is 297 g/mol. The number of rotatable bonds is 8. The van der Waals surface area contributed by atoms with E-state index in [0.29, 0.717) is 5.92 Å². The molecule has 22 heavy (non-hydrogen) atoms. The highest BCUT2D eigenvalue weighted by molar-refractivity contribution is 5.29. The van der Waals surface area contributed by atoms with Crippen LogP contribution >= 0.6 is 0 Å². The molecule has 0 unspecified atom stereocenters. The van der Waals surface area contributed by atoms with Gasteiger partial charge in [0.25, 0.3) is 0 Å². The summed E-state index contributed by atoms with van der Waals surface area (Å²) in [6, 6.07) is 16.9. The molecule has 0 saturated heterocycles. The Morgan fingerprint density at radius 3 is 2.59 bits per heavy atom. The van der Waals surface area contributed by atoms with Gasteiger partial charge in [-0.15, -0.1) is 0 Å². The molecule has 2 aromatic carbocycles. The van der Waals surface area contributed by atoms with Gasteiger partial charge < -0.3 is 10.1 Å². The van der Waals surface area contributed by atoms with E-state index in [1.807, 2.05) is 6.07 Å². The second-order valence-electron chi connectivity index (χ2n) is 6.21. The lowest BCUT2D eigenvalue weighted by molar-refractivity contribution is 0.289. The van der Waals surface area contributed by atoms with Crippen molar-refractivity contribution in [2.24, 2.45) is 5.92 Å². The Hall–Kier alpha value is -1.80. The highest BCUT2D eigenvalue weighted by Crippen LogP contribution is 2.15. The van der Waals surface area contributed by atoms with Crippen LogP contribution in [-0.2, 0) is 13.1 Å². The van der Waals surface area contributed by atoms with Crippen molar-refractivity contribution >= 4 is 0 Å². The Morgan fingerprint density at radius 1 is 1.00 bits per heavy atom. The van der Waals surface area contributed by atoms with Crippen LogP contribution in [0.25, 0.3) is 0 Å². The summed E-state index contributed by atoms with van der Waals surface area (Å²) < 4.78 is 5.81. The monoisotopic (exact) mass is 297 g/mol. The molecule has 0 radical (unpaired) electrons. The van der Waals surface area contributed by atoms with E-state index in [1.165, 1.54) is 16.7 Å². The zero-order chi connectivity index (χ0) is 15.8. The van der Waals surface area contributed by atoms with Crippen LogP contribution in [0.4, 0.5) is 0 Å². The van der Waals surface area contributed by atoms with E-state index in [4.69, 9.17) is 4.74 Å². The topological polar surface area (TPSA) is 21.3 Å². The Labute approximate surface area is 134 Å². The maximum Gasteiger partial charge on any atom is 0.119 e. The fourth-order valence-corrected chi connectivity index (χ4v) is 2.31. The van der Waals surface area contributed by atoms with Gasteiger partial charge in [0.1, 0.15) is 5.75 Å². The summed E-state index contributed by atoms with van der Waals surface area (Å²) in [5.41, 5.74) is 3.95. The molecule has 2 rings (SSSR count). The Morgan fingerprint density at radius 2 is 1.82 bits per heavy atom. The summed E-state index contributed by atoms with van der Waals surface area (Å²) in [5, 5.41) is 3.50. The molecule has 0 spiro atoms. The van der Waals surface area contributed by atoms with Gasteiger partial charge in [-0.3, -0.25) is 0 Å². The molecular weight excluding hydrogens is 270 g/mol. The van der Waals surface area contributed by atoms with Gasteiger partial charge in [0.15, 0.2) is 0 Å². The Balaban J connectivity index is 1.81. The lowest BCUT2D eigenvalue weighted by Gasteiger charge is -2.11. The minimum Gasteiger partial charge on any atom is -0.494 e. The first kappa shape index (κ1) is 16.6. The van der Waals surface area contributed by atoms with E-state index in [0.717, 1.165) is 31.9 Å². The van der Waals surface area contributed by atoms with Crippen molar-refractivity contribution in [1.29, 1.82) is 0 Å². The molecule has 0 aromatic heterocycles. The van der Waals surface area contributed by atoms with Crippen LogP contribution in [0.3, 0.4) is 0 Å². The van der Waals surface area contributed by atoms with E-state index in [2.05, 4.69) is 68.6 Å². The Bertz CT molecular complexity index is 577. The second kappa shape index (κ2) is 8.60. The highest BCUT2D eigenvalue weighted by Gasteiger charge is 2.00. The third-order valence-electron chi connectivity index (χ3n) is 3.77. The third-order valence-corrected chi connectivity index (χ3v) is 3.77. The number of hydrogen-bond donors (Lipinski definition) is 1. The molecule has 0 heterocycles. The maximum absolute atomic E-state index is 5.81. The molecule has 0 aliphatic carbocycles. The van der Waals surface area contributed by atoms with Gasteiger partial charge in [-0.25, -0.2) is 0 Å². The fraction of sp³-hybridized carbons (Fsp3) is 0.400. The molecule has 0 aliphatic heterocycles. The fourth-order valence-electron chi connectivity index (χ4n) is 2.31. The van der Waals surface area contributed by atoms with Crippen LogP contribution < -0.4 is 10.1 Å². The molecule has 0 bridgehead atoms. The lowest BCUT2D eigenvalue weighted by Crippen LogP contribution is -2.13. The predicted molar refractivity (Wildman–Crippen MR) is 93.1 cm³/mol. The first-order chi connectivity index (χ1) is 10.6. The third kappa shape index (κ3) is 5.53. The zero-order valence-electron chi connectivity index (χ0n) is 13.9. The molecule has 2 nitrogen and oxygen atoms in total. The first-order valence-corrected chi connectivity index (χ1v) is 8.12. The molecular formula is C20H27NO. The minimum atomic E-state index is 0.680. The maximum atomic E-state index is 5.81. The van der Waals surface area contributed by atoms with E-state index in [9.17, 15) is 0 Å². The van der Waals surface area contributed by atoms with Crippen LogP contribution in [0.5, 0.6) is 5.75 Å². The molecule has 2 heteroatoms. The molecule has 2 aromatic rings. The number of hydrogen-bond acceptors (Lipinski definition) is 2. The number of benzene rings is 2. The Kier molecular flexibility index (Phi) is 6.47. The van der Waals surface area contributed by atoms with Gasteiger partial charge in [0, 0.05) is 13.1 Å². The van der Waals surface area contributed by atoms with E-state index >= 15 is 0 Å². The van der Waals surface area contributed by atoms with Gasteiger partial charge in [-0.05, 0) is 48.1 Å². The van der Waals surface area contributed by atoms with Crippen LogP contribution in [0.15, 0.2) is 48.5 Å². The largest absolute Gasteiger partial charge is 0.494 e. The summed E-state index contributed by atoms with van der Waals surface area (Å²) in [6.07, 6.45) is 1.09.